The Balaban J connectivity index is 2.57. The zero-order valence-electron chi connectivity index (χ0n) is 16.8. The van der Waals surface area contributed by atoms with Gasteiger partial charge in [-0.2, -0.15) is 0 Å². The van der Waals surface area contributed by atoms with E-state index in [4.69, 9.17) is 14.3 Å². The van der Waals surface area contributed by atoms with Gasteiger partial charge in [0.2, 0.25) is 0 Å². The third-order valence-corrected chi connectivity index (χ3v) is 22.8. The molecule has 0 saturated carbocycles. The van der Waals surface area contributed by atoms with E-state index in [1.165, 1.54) is 6.04 Å². The number of hydrogen-bond acceptors (Lipinski definition) is 4. The van der Waals surface area contributed by atoms with Crippen LogP contribution in [0.2, 0.25) is 31.7 Å². The molecule has 0 aliphatic carbocycles. The van der Waals surface area contributed by atoms with Crippen LogP contribution in [0.15, 0.2) is 11.6 Å². The van der Waals surface area contributed by atoms with Crippen molar-refractivity contribution in [3.63, 3.8) is 0 Å². The van der Waals surface area contributed by atoms with Crippen molar-refractivity contribution < 1.29 is 23.9 Å². The Hall–Kier alpha value is -0.926. The van der Waals surface area contributed by atoms with E-state index >= 15 is 0 Å². The van der Waals surface area contributed by atoms with Crippen molar-refractivity contribution in [2.24, 2.45) is 5.92 Å². The second-order valence-electron chi connectivity index (χ2n) is 8.76. The van der Waals surface area contributed by atoms with Crippen molar-refractivity contribution in [2.45, 2.75) is 77.9 Å². The highest BCUT2D eigenvalue weighted by Crippen LogP contribution is 2.41. The van der Waals surface area contributed by atoms with E-state index in [0.717, 1.165) is 25.0 Å². The van der Waals surface area contributed by atoms with E-state index in [1.807, 2.05) is 0 Å². The molecule has 0 aromatic rings. The fraction of sp³-hybridized carbons (Fsp3) is 0.778. The summed E-state index contributed by atoms with van der Waals surface area (Å²) in [6.07, 6.45) is 2.88. The van der Waals surface area contributed by atoms with E-state index in [1.54, 1.807) is 13.8 Å². The Bertz CT molecular complexity index is 540. The molecule has 1 aliphatic heterocycles. The van der Waals surface area contributed by atoms with E-state index in [0.29, 0.717) is 6.61 Å². The average molecular weight is 387 g/mol. The quantitative estimate of drug-likeness (QED) is 0.308. The number of carboxylic acid groups (broad SMARTS) is 1. The fourth-order valence-corrected chi connectivity index (χ4v) is 14.8. The Morgan fingerprint density at radius 3 is 2.36 bits per heavy atom. The van der Waals surface area contributed by atoms with Gasteiger partial charge in [-0.25, -0.2) is 9.59 Å². The van der Waals surface area contributed by atoms with Crippen molar-refractivity contribution in [2.75, 3.05) is 6.61 Å². The monoisotopic (exact) mass is 386 g/mol. The number of carbonyl (C=O) groups is 2. The lowest BCUT2D eigenvalue weighted by molar-refractivity contribution is -0.140. The summed E-state index contributed by atoms with van der Waals surface area (Å²) >= 11 is 0. The Morgan fingerprint density at radius 2 is 1.88 bits per heavy atom. The SMILES string of the molecule is CC(C)C(=CC(=O)O)C(=O)OCCC[Si]1(C)CCC(C)(C)O[Si]1(C)C. The molecule has 0 aromatic heterocycles. The number of hydrogen-bond donors (Lipinski definition) is 1. The first-order valence-electron chi connectivity index (χ1n) is 9.11. The molecule has 0 spiro atoms. The van der Waals surface area contributed by atoms with Gasteiger partial charge in [0.05, 0.1) is 19.8 Å². The summed E-state index contributed by atoms with van der Waals surface area (Å²) in [4.78, 5) is 22.9. The topological polar surface area (TPSA) is 72.8 Å². The van der Waals surface area contributed by atoms with E-state index in [2.05, 4.69) is 33.5 Å². The van der Waals surface area contributed by atoms with Crippen LogP contribution in [0.25, 0.3) is 0 Å². The molecule has 1 heterocycles. The number of aliphatic carboxylic acids is 1. The highest BCUT2D eigenvalue weighted by atomic mass is 29.3. The molecular formula is C18H34O5Si2. The number of carbonyl (C=O) groups excluding carboxylic acids is 1. The van der Waals surface area contributed by atoms with Gasteiger partial charge in [0.15, 0.2) is 7.83 Å². The lowest BCUT2D eigenvalue weighted by atomic mass is 10.0. The van der Waals surface area contributed by atoms with Gasteiger partial charge in [0, 0.05) is 11.6 Å². The molecule has 144 valence electrons. The van der Waals surface area contributed by atoms with Crippen LogP contribution in [0.4, 0.5) is 0 Å². The molecular weight excluding hydrogens is 352 g/mol. The third kappa shape index (κ3) is 6.07. The molecule has 25 heavy (non-hydrogen) atoms. The van der Waals surface area contributed by atoms with Crippen LogP contribution < -0.4 is 0 Å². The minimum absolute atomic E-state index is 0.0114. The Kier molecular flexibility index (Phi) is 7.24. The smallest absolute Gasteiger partial charge is 0.334 e. The van der Waals surface area contributed by atoms with Crippen LogP contribution >= 0.6 is 0 Å². The minimum atomic E-state index is -1.71. The Labute approximate surface area is 153 Å². The van der Waals surface area contributed by atoms with Crippen LogP contribution in [-0.4, -0.2) is 44.7 Å². The van der Waals surface area contributed by atoms with Crippen molar-refractivity contribution in [1.29, 1.82) is 0 Å². The zero-order chi connectivity index (χ0) is 19.5. The molecule has 1 atom stereocenters. The van der Waals surface area contributed by atoms with Crippen molar-refractivity contribution in [1.82, 2.24) is 0 Å². The Morgan fingerprint density at radius 1 is 1.28 bits per heavy atom. The summed E-state index contributed by atoms with van der Waals surface area (Å²) in [7, 11) is -3.19. The molecule has 0 bridgehead atoms. The maximum Gasteiger partial charge on any atom is 0.334 e. The summed E-state index contributed by atoms with van der Waals surface area (Å²) in [5, 5.41) is 8.87. The summed E-state index contributed by atoms with van der Waals surface area (Å²) in [5.41, 5.74) is 0.205. The second kappa shape index (κ2) is 8.18. The fourth-order valence-electron chi connectivity index (χ4n) is 3.47. The number of esters is 1. The van der Waals surface area contributed by atoms with Gasteiger partial charge in [-0.15, -0.1) is 0 Å². The number of carboxylic acids is 1. The van der Waals surface area contributed by atoms with Crippen LogP contribution in [0.1, 0.15) is 40.5 Å². The normalized spacial score (nSPS) is 25.7. The van der Waals surface area contributed by atoms with Crippen LogP contribution in [-0.2, 0) is 18.8 Å². The molecule has 1 aliphatic rings. The third-order valence-electron chi connectivity index (χ3n) is 5.51. The lowest BCUT2D eigenvalue weighted by Gasteiger charge is -2.51. The molecule has 7 heteroatoms. The zero-order valence-corrected chi connectivity index (χ0v) is 18.8. The predicted octanol–water partition coefficient (Wildman–Crippen LogP) is 4.15. The first kappa shape index (κ1) is 22.1. The van der Waals surface area contributed by atoms with Crippen LogP contribution in [0, 0.1) is 5.92 Å². The van der Waals surface area contributed by atoms with E-state index < -0.39 is 27.4 Å². The summed E-state index contributed by atoms with van der Waals surface area (Å²) in [6.45, 7) is 15.4. The maximum absolute atomic E-state index is 12.1. The van der Waals surface area contributed by atoms with Gasteiger partial charge >= 0.3 is 11.9 Å². The van der Waals surface area contributed by atoms with Crippen molar-refractivity contribution >= 4 is 27.4 Å². The highest BCUT2D eigenvalue weighted by Gasteiger charge is 2.52. The van der Waals surface area contributed by atoms with Crippen LogP contribution in [0.5, 0.6) is 0 Å². The first-order valence-corrected chi connectivity index (χ1v) is 15.9. The minimum Gasteiger partial charge on any atom is -0.478 e. The summed E-state index contributed by atoms with van der Waals surface area (Å²) < 4.78 is 11.8. The van der Waals surface area contributed by atoms with Gasteiger partial charge in [0.1, 0.15) is 0 Å². The molecule has 0 aromatic carbocycles. The second-order valence-corrected chi connectivity index (χ2v) is 23.3. The lowest BCUT2D eigenvalue weighted by Crippen LogP contribution is -2.65. The average Bonchev–Trinajstić information content (AvgIpc) is 2.44. The van der Waals surface area contributed by atoms with Gasteiger partial charge in [-0.05, 0) is 45.7 Å². The molecule has 1 saturated heterocycles. The first-order chi connectivity index (χ1) is 11.3. The summed E-state index contributed by atoms with van der Waals surface area (Å²) in [5.74, 6) is -1.80. The summed E-state index contributed by atoms with van der Waals surface area (Å²) in [6, 6.07) is 2.36. The van der Waals surface area contributed by atoms with Gasteiger partial charge in [-0.1, -0.05) is 32.5 Å². The van der Waals surface area contributed by atoms with Crippen molar-refractivity contribution in [3.8, 4) is 0 Å². The maximum atomic E-state index is 12.1. The predicted molar refractivity (Wildman–Crippen MR) is 105 cm³/mol. The van der Waals surface area contributed by atoms with E-state index in [9.17, 15) is 9.59 Å². The molecule has 1 rings (SSSR count). The standard InChI is InChI=1S/C18H34O5Si2/c1-14(2)15(13-16(19)20)17(21)22-10-8-11-25(7)12-9-18(3,4)23-24(25,5)6/h13-14H,8-12H2,1-7H3,(H,19,20). The van der Waals surface area contributed by atoms with Crippen LogP contribution in [0.3, 0.4) is 0 Å². The molecule has 1 unspecified atom stereocenters. The highest BCUT2D eigenvalue weighted by molar-refractivity contribution is 7.38. The van der Waals surface area contributed by atoms with Gasteiger partial charge in [-0.3, -0.25) is 0 Å². The number of ether oxygens (including phenoxy) is 1. The van der Waals surface area contributed by atoms with E-state index in [-0.39, 0.29) is 17.1 Å². The molecule has 1 fully saturated rings. The largest absolute Gasteiger partial charge is 0.478 e. The molecule has 1 N–H and O–H groups in total. The number of rotatable bonds is 7. The van der Waals surface area contributed by atoms with Gasteiger partial charge in [0.25, 0.3) is 0 Å². The molecule has 0 amide bonds. The van der Waals surface area contributed by atoms with Crippen molar-refractivity contribution in [3.05, 3.63) is 11.6 Å². The molecule has 0 radical (unpaired) electrons. The molecule has 5 nitrogen and oxygen atoms in total. The van der Waals surface area contributed by atoms with Gasteiger partial charge < -0.3 is 14.3 Å².